The Morgan fingerprint density at radius 1 is 1.18 bits per heavy atom. The normalized spacial score (nSPS) is 43.4. The van der Waals surface area contributed by atoms with Crippen LogP contribution in [0.25, 0.3) is 0 Å². The summed E-state index contributed by atoms with van der Waals surface area (Å²) in [7, 11) is 1.78. The molecule has 3 fully saturated rings. The first-order valence-electron chi connectivity index (χ1n) is 13.3. The second-order valence-corrected chi connectivity index (χ2v) is 13.4. The molecule has 7 aliphatic rings. The van der Waals surface area contributed by atoms with Crippen molar-refractivity contribution >= 4 is 0 Å². The van der Waals surface area contributed by atoms with Crippen LogP contribution in [0.5, 0.6) is 11.5 Å². The summed E-state index contributed by atoms with van der Waals surface area (Å²) >= 11 is 0. The average Bonchev–Trinajstić information content (AvgIpc) is 3.53. The van der Waals surface area contributed by atoms with E-state index < -0.39 is 11.2 Å². The molecule has 1 aromatic carbocycles. The zero-order valence-electron chi connectivity index (χ0n) is 21.2. The molecule has 2 unspecified atom stereocenters. The van der Waals surface area contributed by atoms with E-state index in [0.29, 0.717) is 11.8 Å². The summed E-state index contributed by atoms with van der Waals surface area (Å²) in [6.45, 7) is 10.6. The third-order valence-corrected chi connectivity index (χ3v) is 11.3. The van der Waals surface area contributed by atoms with Crippen LogP contribution in [-0.4, -0.2) is 58.7 Å². The van der Waals surface area contributed by atoms with E-state index in [1.165, 1.54) is 30.5 Å². The van der Waals surface area contributed by atoms with Gasteiger partial charge in [0.1, 0.15) is 11.7 Å². The van der Waals surface area contributed by atoms with Crippen LogP contribution in [0.15, 0.2) is 24.3 Å². The smallest absolute Gasteiger partial charge is 0.165 e. The van der Waals surface area contributed by atoms with Gasteiger partial charge in [-0.3, -0.25) is 4.90 Å². The summed E-state index contributed by atoms with van der Waals surface area (Å²) in [6.07, 6.45) is 10.0. The Morgan fingerprint density at radius 2 is 1.94 bits per heavy atom. The van der Waals surface area contributed by atoms with Gasteiger partial charge in [0, 0.05) is 36.6 Å². The quantitative estimate of drug-likeness (QED) is 0.653. The molecular formula is C29H39NO4. The maximum atomic E-state index is 12.2. The molecule has 1 saturated heterocycles. The number of phenols is 1. The highest BCUT2D eigenvalue weighted by Crippen LogP contribution is 2.76. The number of piperidine rings is 1. The number of aromatic hydroxyl groups is 1. The molecule has 0 radical (unpaired) electrons. The van der Waals surface area contributed by atoms with Crippen molar-refractivity contribution in [3.05, 3.63) is 35.4 Å². The van der Waals surface area contributed by atoms with Crippen molar-refractivity contribution in [2.75, 3.05) is 20.2 Å². The van der Waals surface area contributed by atoms with Gasteiger partial charge in [-0.05, 0) is 68.5 Å². The van der Waals surface area contributed by atoms with Crippen LogP contribution in [0, 0.1) is 22.7 Å². The van der Waals surface area contributed by atoms with Gasteiger partial charge < -0.3 is 19.7 Å². The molecule has 5 aliphatic carbocycles. The largest absolute Gasteiger partial charge is 0.504 e. The first-order chi connectivity index (χ1) is 16.0. The third kappa shape index (κ3) is 2.20. The van der Waals surface area contributed by atoms with Gasteiger partial charge in [-0.1, -0.05) is 39.0 Å². The summed E-state index contributed by atoms with van der Waals surface area (Å²) in [5.41, 5.74) is 0.165. The van der Waals surface area contributed by atoms with E-state index in [4.69, 9.17) is 9.47 Å². The molecule has 184 valence electrons. The maximum absolute atomic E-state index is 12.2. The fraction of sp³-hybridized carbons (Fsp3) is 0.724. The van der Waals surface area contributed by atoms with E-state index in [1.807, 2.05) is 13.0 Å². The van der Waals surface area contributed by atoms with Gasteiger partial charge in [-0.25, -0.2) is 0 Å². The van der Waals surface area contributed by atoms with Gasteiger partial charge in [-0.15, -0.1) is 0 Å². The molecule has 2 N–H and O–H groups in total. The van der Waals surface area contributed by atoms with Gasteiger partial charge in [-0.2, -0.15) is 0 Å². The molecule has 2 heterocycles. The molecule has 8 rings (SSSR count). The molecule has 2 spiro atoms. The van der Waals surface area contributed by atoms with Gasteiger partial charge in [0.25, 0.3) is 0 Å². The predicted molar refractivity (Wildman–Crippen MR) is 130 cm³/mol. The molecule has 1 aromatic rings. The van der Waals surface area contributed by atoms with Crippen LogP contribution in [0.1, 0.15) is 64.5 Å². The summed E-state index contributed by atoms with van der Waals surface area (Å²) in [5.74, 6) is 1.62. The van der Waals surface area contributed by atoms with Gasteiger partial charge in [0.05, 0.1) is 11.0 Å². The van der Waals surface area contributed by atoms with Crippen LogP contribution >= 0.6 is 0 Å². The molecule has 0 aromatic heterocycles. The summed E-state index contributed by atoms with van der Waals surface area (Å²) < 4.78 is 13.3. The molecule has 0 amide bonds. The van der Waals surface area contributed by atoms with Gasteiger partial charge >= 0.3 is 0 Å². The summed E-state index contributed by atoms with van der Waals surface area (Å²) in [5, 5.41) is 23.1. The number of rotatable bonds is 4. The van der Waals surface area contributed by atoms with E-state index in [9.17, 15) is 10.2 Å². The molecule has 5 nitrogen and oxygen atoms in total. The minimum Gasteiger partial charge on any atom is -0.504 e. The molecular weight excluding hydrogens is 426 g/mol. The lowest BCUT2D eigenvalue weighted by Crippen LogP contribution is -2.81. The van der Waals surface area contributed by atoms with Crippen LogP contribution < -0.4 is 4.74 Å². The zero-order valence-corrected chi connectivity index (χ0v) is 21.2. The highest BCUT2D eigenvalue weighted by Gasteiger charge is 2.81. The lowest BCUT2D eigenvalue weighted by Gasteiger charge is -2.73. The number of nitrogens with zero attached hydrogens (tertiary/aromatic N) is 1. The summed E-state index contributed by atoms with van der Waals surface area (Å²) in [6, 6.07) is 4.33. The number of hydrogen-bond acceptors (Lipinski definition) is 5. The molecule has 34 heavy (non-hydrogen) atoms. The minimum atomic E-state index is -0.960. The fourth-order valence-corrected chi connectivity index (χ4v) is 8.94. The van der Waals surface area contributed by atoms with Gasteiger partial charge in [0.15, 0.2) is 11.5 Å². The number of methoxy groups -OCH3 is 1. The highest BCUT2D eigenvalue weighted by atomic mass is 16.6. The van der Waals surface area contributed by atoms with Crippen molar-refractivity contribution in [1.29, 1.82) is 0 Å². The zero-order chi connectivity index (χ0) is 23.9. The minimum absolute atomic E-state index is 0.116. The second-order valence-electron chi connectivity index (χ2n) is 13.4. The van der Waals surface area contributed by atoms with Crippen molar-refractivity contribution in [2.24, 2.45) is 22.7 Å². The summed E-state index contributed by atoms with van der Waals surface area (Å²) in [4.78, 5) is 2.77. The predicted octanol–water partition coefficient (Wildman–Crippen LogP) is 4.19. The molecule has 2 aliphatic heterocycles. The number of phenolic OH excluding ortho intramolecular Hbond substituents is 1. The highest BCUT2D eigenvalue weighted by molar-refractivity contribution is 5.65. The standard InChI is InChI=1S/C29H39NO4/c1-25(2,3)26(4,32)20-15-27-10-11-29(20,33-5)24-28(27)12-13-30(16-17-6-7-17)21(27)14-18-8-9-19(31)23(34-24)22(18)28/h8-11,17,20-21,24,31-32H,6-7,12-16H2,1-5H3/t20-,21-,24?,26?,27-,28+,29+/m1/s1. The molecule has 4 bridgehead atoms. The Hall–Kier alpha value is -1.56. The van der Waals surface area contributed by atoms with Crippen molar-refractivity contribution < 1.29 is 19.7 Å². The number of benzene rings is 1. The van der Waals surface area contributed by atoms with E-state index in [1.54, 1.807) is 7.11 Å². The Kier molecular flexibility index (Phi) is 3.97. The molecule has 7 atom stereocenters. The Morgan fingerprint density at radius 3 is 2.62 bits per heavy atom. The lowest BCUT2D eigenvalue weighted by atomic mass is 9.35. The number of fused-ring (bicyclic) bond motifs is 1. The second kappa shape index (κ2) is 6.22. The van der Waals surface area contributed by atoms with Crippen molar-refractivity contribution in [3.8, 4) is 11.5 Å². The number of aliphatic hydroxyl groups is 1. The first-order valence-corrected chi connectivity index (χ1v) is 13.3. The topological polar surface area (TPSA) is 62.2 Å². The Labute approximate surface area is 203 Å². The lowest BCUT2D eigenvalue weighted by molar-refractivity contribution is -0.263. The van der Waals surface area contributed by atoms with E-state index in [2.05, 4.69) is 43.9 Å². The SMILES string of the molecule is CO[C@@]12C=C[C@@]3(C[C@@H]1C(C)(O)C(C)(C)C)[C@H]1Cc4ccc(O)c5c4[C@@]3(CCN1CC1CC1)C2O5. The van der Waals surface area contributed by atoms with Crippen molar-refractivity contribution in [3.63, 3.8) is 0 Å². The van der Waals surface area contributed by atoms with E-state index in [-0.39, 0.29) is 34.0 Å². The third-order valence-electron chi connectivity index (χ3n) is 11.3. The molecule has 2 saturated carbocycles. The van der Waals surface area contributed by atoms with Gasteiger partial charge in [0.2, 0.25) is 0 Å². The monoisotopic (exact) mass is 465 g/mol. The van der Waals surface area contributed by atoms with E-state index >= 15 is 0 Å². The Bertz CT molecular complexity index is 1100. The number of likely N-dealkylation sites (tertiary alicyclic amines) is 1. The first kappa shape index (κ1) is 21.7. The van der Waals surface area contributed by atoms with Crippen LogP contribution in [-0.2, 0) is 16.6 Å². The average molecular weight is 466 g/mol. The number of hydrogen-bond donors (Lipinski definition) is 2. The fourth-order valence-electron chi connectivity index (χ4n) is 8.94. The van der Waals surface area contributed by atoms with Crippen molar-refractivity contribution in [2.45, 2.75) is 88.6 Å². The molecule has 5 heteroatoms. The van der Waals surface area contributed by atoms with E-state index in [0.717, 1.165) is 31.7 Å². The van der Waals surface area contributed by atoms with Crippen molar-refractivity contribution in [1.82, 2.24) is 4.90 Å². The Balaban J connectivity index is 1.49. The van der Waals surface area contributed by atoms with Crippen LogP contribution in [0.2, 0.25) is 0 Å². The number of ether oxygens (including phenoxy) is 2. The maximum Gasteiger partial charge on any atom is 0.165 e. The van der Waals surface area contributed by atoms with Crippen LogP contribution in [0.4, 0.5) is 0 Å². The van der Waals surface area contributed by atoms with Crippen LogP contribution in [0.3, 0.4) is 0 Å².